The van der Waals surface area contributed by atoms with E-state index >= 15 is 0 Å². The summed E-state index contributed by atoms with van der Waals surface area (Å²) in [6, 6.07) is 15.5. The molecule has 1 fully saturated rings. The molecule has 3 aromatic rings. The maximum atomic E-state index is 6.09. The van der Waals surface area contributed by atoms with Gasteiger partial charge in [0, 0.05) is 44.3 Å². The normalized spacial score (nSPS) is 17.3. The van der Waals surface area contributed by atoms with Crippen LogP contribution in [0.25, 0.3) is 22.4 Å². The molecule has 1 unspecified atom stereocenters. The van der Waals surface area contributed by atoms with E-state index in [1.165, 1.54) is 23.1 Å². The number of unbranched alkanes of at least 4 members (excludes halogenated alkanes) is 1. The van der Waals surface area contributed by atoms with Gasteiger partial charge in [0.2, 0.25) is 0 Å². The van der Waals surface area contributed by atoms with E-state index in [0.29, 0.717) is 6.04 Å². The molecule has 5 nitrogen and oxygen atoms in total. The molecule has 2 aromatic carbocycles. The van der Waals surface area contributed by atoms with Crippen LogP contribution in [0.1, 0.15) is 38.7 Å². The second-order valence-corrected chi connectivity index (χ2v) is 8.70. The number of aromatic nitrogens is 2. The number of rotatable bonds is 9. The van der Waals surface area contributed by atoms with E-state index in [4.69, 9.17) is 9.72 Å². The van der Waals surface area contributed by atoms with Crippen LogP contribution >= 0.6 is 0 Å². The lowest BCUT2D eigenvalue weighted by Gasteiger charge is -2.33. The van der Waals surface area contributed by atoms with E-state index in [1.807, 2.05) is 0 Å². The molecule has 2 heterocycles. The zero-order valence-electron chi connectivity index (χ0n) is 19.2. The van der Waals surface area contributed by atoms with Crippen LogP contribution in [0, 0.1) is 6.92 Å². The van der Waals surface area contributed by atoms with Crippen LogP contribution in [-0.2, 0) is 6.54 Å². The monoisotopic (exact) mass is 420 g/mol. The highest BCUT2D eigenvalue weighted by molar-refractivity contribution is 5.81. The van der Waals surface area contributed by atoms with Crippen LogP contribution in [0.4, 0.5) is 0 Å². The van der Waals surface area contributed by atoms with Gasteiger partial charge < -0.3 is 14.6 Å². The number of nitrogens with zero attached hydrogens (tertiary/aromatic N) is 3. The number of para-hydroxylation sites is 2. The summed E-state index contributed by atoms with van der Waals surface area (Å²) >= 11 is 0. The molecule has 1 aromatic heterocycles. The summed E-state index contributed by atoms with van der Waals surface area (Å²) in [7, 11) is 0. The Kier molecular flexibility index (Phi) is 7.25. The predicted octanol–water partition coefficient (Wildman–Crippen LogP) is 4.87. The van der Waals surface area contributed by atoms with E-state index in [2.05, 4.69) is 78.0 Å². The Balaban J connectivity index is 1.44. The average molecular weight is 421 g/mol. The molecule has 1 aliphatic heterocycles. The zero-order chi connectivity index (χ0) is 21.6. The first-order valence-electron chi connectivity index (χ1n) is 11.8. The van der Waals surface area contributed by atoms with Gasteiger partial charge in [0.15, 0.2) is 0 Å². The van der Waals surface area contributed by atoms with Gasteiger partial charge in [-0.05, 0) is 62.6 Å². The third-order valence-electron chi connectivity index (χ3n) is 6.33. The van der Waals surface area contributed by atoms with Crippen molar-refractivity contribution in [2.24, 2.45) is 0 Å². The smallest absolute Gasteiger partial charge is 0.141 e. The number of fused-ring (bicyclic) bond motifs is 1. The predicted molar refractivity (Wildman–Crippen MR) is 129 cm³/mol. The summed E-state index contributed by atoms with van der Waals surface area (Å²) in [5, 5.41) is 3.45. The quantitative estimate of drug-likeness (QED) is 0.501. The minimum atomic E-state index is 0.613. The van der Waals surface area contributed by atoms with Crippen LogP contribution in [0.15, 0.2) is 42.5 Å². The lowest BCUT2D eigenvalue weighted by atomic mass is 10.1. The summed E-state index contributed by atoms with van der Waals surface area (Å²) in [4.78, 5) is 7.52. The van der Waals surface area contributed by atoms with Crippen molar-refractivity contribution in [1.82, 2.24) is 19.8 Å². The fraction of sp³-hybridized carbons (Fsp3) is 0.500. The maximum Gasteiger partial charge on any atom is 0.141 e. The van der Waals surface area contributed by atoms with Crippen molar-refractivity contribution in [3.05, 3.63) is 48.0 Å². The molecule has 4 rings (SSSR count). The van der Waals surface area contributed by atoms with Gasteiger partial charge in [0.05, 0.1) is 17.6 Å². The lowest BCUT2D eigenvalue weighted by Crippen LogP contribution is -2.50. The van der Waals surface area contributed by atoms with E-state index < -0.39 is 0 Å². The van der Waals surface area contributed by atoms with E-state index in [9.17, 15) is 0 Å². The third kappa shape index (κ3) is 5.10. The Bertz CT molecular complexity index is 996. The molecule has 166 valence electrons. The fourth-order valence-corrected chi connectivity index (χ4v) is 4.47. The summed E-state index contributed by atoms with van der Waals surface area (Å²) in [6.45, 7) is 12.9. The van der Waals surface area contributed by atoms with E-state index in [1.54, 1.807) is 0 Å². The largest absolute Gasteiger partial charge is 0.494 e. The van der Waals surface area contributed by atoms with Crippen LogP contribution in [0.3, 0.4) is 0 Å². The number of hydrogen-bond donors (Lipinski definition) is 1. The van der Waals surface area contributed by atoms with Crippen LogP contribution < -0.4 is 10.1 Å². The van der Waals surface area contributed by atoms with Gasteiger partial charge >= 0.3 is 0 Å². The fourth-order valence-electron chi connectivity index (χ4n) is 4.47. The second-order valence-electron chi connectivity index (χ2n) is 8.70. The second kappa shape index (κ2) is 10.3. The van der Waals surface area contributed by atoms with E-state index in [-0.39, 0.29) is 0 Å². The van der Waals surface area contributed by atoms with Crippen molar-refractivity contribution in [3.63, 3.8) is 0 Å². The third-order valence-corrected chi connectivity index (χ3v) is 6.33. The number of aryl methyl sites for hydroxylation is 2. The van der Waals surface area contributed by atoms with Crippen LogP contribution in [0.5, 0.6) is 5.75 Å². The Morgan fingerprint density at radius 3 is 2.81 bits per heavy atom. The van der Waals surface area contributed by atoms with Gasteiger partial charge in [-0.1, -0.05) is 25.5 Å². The number of benzene rings is 2. The number of ether oxygens (including phenoxy) is 1. The highest BCUT2D eigenvalue weighted by Crippen LogP contribution is 2.30. The van der Waals surface area contributed by atoms with Gasteiger partial charge in [-0.15, -0.1) is 0 Å². The van der Waals surface area contributed by atoms with Crippen molar-refractivity contribution >= 4 is 11.0 Å². The van der Waals surface area contributed by atoms with Crippen molar-refractivity contribution in [3.8, 4) is 17.1 Å². The SMILES string of the molecule is CCCCn1c(-c2ccc(OCCCN3CCNCC3C)cc2C)nc2ccccc21. The highest BCUT2D eigenvalue weighted by atomic mass is 16.5. The molecule has 1 saturated heterocycles. The van der Waals surface area contributed by atoms with Gasteiger partial charge in [0.1, 0.15) is 11.6 Å². The molecule has 0 saturated carbocycles. The Morgan fingerprint density at radius 1 is 1.13 bits per heavy atom. The standard InChI is InChI=1S/C26H36N4O/c1-4-5-15-30-25-10-7-6-9-24(25)28-26(30)23-12-11-22(18-20(23)2)31-17-8-14-29-16-13-27-19-21(29)3/h6-7,9-12,18,21,27H,4-5,8,13-17,19H2,1-3H3. The molecule has 1 N–H and O–H groups in total. The van der Waals surface area contributed by atoms with Gasteiger partial charge in [0.25, 0.3) is 0 Å². The molecule has 1 atom stereocenters. The summed E-state index contributed by atoms with van der Waals surface area (Å²) < 4.78 is 8.46. The molecule has 1 aliphatic rings. The topological polar surface area (TPSA) is 42.3 Å². The number of hydrogen-bond acceptors (Lipinski definition) is 4. The van der Waals surface area contributed by atoms with Crippen LogP contribution in [-0.4, -0.2) is 53.3 Å². The highest BCUT2D eigenvalue weighted by Gasteiger charge is 2.17. The molecule has 0 amide bonds. The molecule has 0 radical (unpaired) electrons. The van der Waals surface area contributed by atoms with Gasteiger partial charge in [-0.2, -0.15) is 0 Å². The molecule has 0 bridgehead atoms. The minimum Gasteiger partial charge on any atom is -0.494 e. The number of imidazole rings is 1. The Hall–Kier alpha value is -2.37. The van der Waals surface area contributed by atoms with Crippen LogP contribution in [0.2, 0.25) is 0 Å². The molecular weight excluding hydrogens is 384 g/mol. The van der Waals surface area contributed by atoms with Crippen molar-refractivity contribution in [2.45, 2.75) is 52.6 Å². The number of piperazine rings is 1. The minimum absolute atomic E-state index is 0.613. The van der Waals surface area contributed by atoms with Gasteiger partial charge in [-0.25, -0.2) is 4.98 Å². The van der Waals surface area contributed by atoms with Crippen molar-refractivity contribution in [1.29, 1.82) is 0 Å². The Morgan fingerprint density at radius 2 is 2.00 bits per heavy atom. The lowest BCUT2D eigenvalue weighted by molar-refractivity contribution is 0.160. The molecule has 31 heavy (non-hydrogen) atoms. The summed E-state index contributed by atoms with van der Waals surface area (Å²) in [5.41, 5.74) is 4.68. The maximum absolute atomic E-state index is 6.09. The first-order valence-corrected chi connectivity index (χ1v) is 11.8. The van der Waals surface area contributed by atoms with Crippen molar-refractivity contribution in [2.75, 3.05) is 32.8 Å². The average Bonchev–Trinajstić information content (AvgIpc) is 3.14. The molecular formula is C26H36N4O. The molecule has 5 heteroatoms. The Labute approximate surface area is 186 Å². The zero-order valence-corrected chi connectivity index (χ0v) is 19.2. The number of nitrogens with one attached hydrogen (secondary N) is 1. The van der Waals surface area contributed by atoms with Crippen molar-refractivity contribution < 1.29 is 4.74 Å². The van der Waals surface area contributed by atoms with E-state index in [0.717, 1.165) is 69.3 Å². The summed E-state index contributed by atoms with van der Waals surface area (Å²) in [5.74, 6) is 2.01. The summed E-state index contributed by atoms with van der Waals surface area (Å²) in [6.07, 6.45) is 3.38. The first-order chi connectivity index (χ1) is 15.2. The molecule has 0 aliphatic carbocycles. The first kappa shape index (κ1) is 21.8. The van der Waals surface area contributed by atoms with Gasteiger partial charge in [-0.3, -0.25) is 4.90 Å². The molecule has 0 spiro atoms.